The molecule has 0 bridgehead atoms. The molecule has 2 heterocycles. The third-order valence-electron chi connectivity index (χ3n) is 4.35. The fraction of sp³-hybridized carbons (Fsp3) is 0.588. The summed E-state index contributed by atoms with van der Waals surface area (Å²) in [4.78, 5) is 14.3. The van der Waals surface area contributed by atoms with Crippen LogP contribution < -0.4 is 4.74 Å². The zero-order valence-electron chi connectivity index (χ0n) is 12.7. The molecule has 2 saturated heterocycles. The third-order valence-corrected chi connectivity index (χ3v) is 4.35. The molecule has 2 aliphatic rings. The molecule has 0 spiro atoms. The number of rotatable bonds is 4. The first-order valence-electron chi connectivity index (χ1n) is 8.02. The maximum Gasteiger partial charge on any atom is 0.251 e. The summed E-state index contributed by atoms with van der Waals surface area (Å²) in [7, 11) is 0. The van der Waals surface area contributed by atoms with E-state index in [2.05, 4.69) is 0 Å². The zero-order valence-corrected chi connectivity index (χ0v) is 12.7. The van der Waals surface area contributed by atoms with Crippen molar-refractivity contribution in [3.63, 3.8) is 0 Å². The number of likely N-dealkylation sites (tertiary alicyclic amines) is 1. The second-order valence-corrected chi connectivity index (χ2v) is 6.04. The minimum absolute atomic E-state index is 0.105. The third kappa shape index (κ3) is 3.58. The summed E-state index contributed by atoms with van der Waals surface area (Å²) < 4.78 is 24.6. The molecule has 0 radical (unpaired) electrons. The van der Waals surface area contributed by atoms with Gasteiger partial charge in [0.2, 0.25) is 0 Å². The second-order valence-electron chi connectivity index (χ2n) is 6.04. The molecule has 1 amide bonds. The number of carbonyl (C=O) groups excluding carboxylic acids is 1. The molecule has 0 N–H and O–H groups in total. The van der Waals surface area contributed by atoms with E-state index in [0.29, 0.717) is 19.8 Å². The number of nitrogens with zero attached hydrogens (tertiary/aromatic N) is 1. The molecule has 5 heteroatoms. The highest BCUT2D eigenvalue weighted by Gasteiger charge is 2.31. The minimum Gasteiger partial charge on any atom is -0.490 e. The number of hydrogen-bond donors (Lipinski definition) is 0. The normalized spacial score (nSPS) is 25.2. The Morgan fingerprint density at radius 3 is 2.95 bits per heavy atom. The van der Waals surface area contributed by atoms with E-state index in [0.717, 1.165) is 32.2 Å². The van der Waals surface area contributed by atoms with Crippen molar-refractivity contribution in [3.05, 3.63) is 30.1 Å². The zero-order chi connectivity index (χ0) is 15.4. The summed E-state index contributed by atoms with van der Waals surface area (Å²) in [6, 6.07) is 6.42. The molecule has 3 rings (SSSR count). The van der Waals surface area contributed by atoms with Crippen LogP contribution in [0.5, 0.6) is 5.75 Å². The van der Waals surface area contributed by atoms with Gasteiger partial charge in [-0.15, -0.1) is 0 Å². The molecule has 22 heavy (non-hydrogen) atoms. The molecule has 0 saturated carbocycles. The molecule has 4 nitrogen and oxygen atoms in total. The lowest BCUT2D eigenvalue weighted by molar-refractivity contribution is -0.143. The van der Waals surface area contributed by atoms with Gasteiger partial charge in [0, 0.05) is 25.6 Å². The Morgan fingerprint density at radius 2 is 2.18 bits per heavy atom. The molecule has 2 atom stereocenters. The van der Waals surface area contributed by atoms with Crippen molar-refractivity contribution in [1.29, 1.82) is 0 Å². The van der Waals surface area contributed by atoms with Gasteiger partial charge in [0.25, 0.3) is 5.91 Å². The monoisotopic (exact) mass is 307 g/mol. The predicted molar refractivity (Wildman–Crippen MR) is 80.2 cm³/mol. The number of benzene rings is 1. The van der Waals surface area contributed by atoms with E-state index in [9.17, 15) is 9.18 Å². The van der Waals surface area contributed by atoms with Crippen LogP contribution in [0.15, 0.2) is 24.3 Å². The average Bonchev–Trinajstić information content (AvgIpc) is 3.08. The fourth-order valence-corrected chi connectivity index (χ4v) is 3.15. The Bertz CT molecular complexity index is 516. The molecule has 120 valence electrons. The molecule has 2 fully saturated rings. The summed E-state index contributed by atoms with van der Waals surface area (Å²) in [6.07, 6.45) is 3.50. The van der Waals surface area contributed by atoms with Crippen LogP contribution in [0.4, 0.5) is 4.39 Å². The lowest BCUT2D eigenvalue weighted by Gasteiger charge is -2.34. The van der Waals surface area contributed by atoms with Crippen LogP contribution >= 0.6 is 0 Å². The smallest absolute Gasteiger partial charge is 0.251 e. The molecule has 1 aromatic carbocycles. The van der Waals surface area contributed by atoms with E-state index in [1.165, 1.54) is 6.07 Å². The van der Waals surface area contributed by atoms with E-state index >= 15 is 0 Å². The number of amides is 1. The first-order chi connectivity index (χ1) is 10.7. The molecule has 0 aromatic heterocycles. The van der Waals surface area contributed by atoms with Crippen molar-refractivity contribution in [2.24, 2.45) is 5.92 Å². The maximum absolute atomic E-state index is 13.5. The van der Waals surface area contributed by atoms with Crippen LogP contribution in [0, 0.1) is 11.7 Å². The van der Waals surface area contributed by atoms with Gasteiger partial charge >= 0.3 is 0 Å². The predicted octanol–water partition coefficient (Wildman–Crippen LogP) is 2.62. The Labute approximate surface area is 130 Å². The number of halogens is 1. The average molecular weight is 307 g/mol. The number of carbonyl (C=O) groups is 1. The van der Waals surface area contributed by atoms with E-state index in [-0.39, 0.29) is 29.5 Å². The van der Waals surface area contributed by atoms with Crippen molar-refractivity contribution in [3.8, 4) is 5.75 Å². The van der Waals surface area contributed by atoms with Crippen LogP contribution in [-0.4, -0.2) is 43.2 Å². The summed E-state index contributed by atoms with van der Waals surface area (Å²) in [6.45, 7) is 2.59. The highest BCUT2D eigenvalue weighted by Crippen LogP contribution is 2.23. The topological polar surface area (TPSA) is 38.8 Å². The van der Waals surface area contributed by atoms with Gasteiger partial charge in [0.1, 0.15) is 6.10 Å². The minimum atomic E-state index is -0.342. The van der Waals surface area contributed by atoms with Crippen LogP contribution in [0.2, 0.25) is 0 Å². The highest BCUT2D eigenvalue weighted by molar-refractivity contribution is 5.81. The van der Waals surface area contributed by atoms with Gasteiger partial charge in [-0.1, -0.05) is 12.1 Å². The largest absolute Gasteiger partial charge is 0.490 e. The highest BCUT2D eigenvalue weighted by atomic mass is 19.1. The fourth-order valence-electron chi connectivity index (χ4n) is 3.15. The van der Waals surface area contributed by atoms with Crippen LogP contribution in [-0.2, 0) is 9.53 Å². The summed E-state index contributed by atoms with van der Waals surface area (Å²) in [5.41, 5.74) is 0. The van der Waals surface area contributed by atoms with Crippen LogP contribution in [0.1, 0.15) is 25.7 Å². The van der Waals surface area contributed by atoms with Crippen molar-refractivity contribution >= 4 is 5.91 Å². The number of ether oxygens (including phenoxy) is 2. The van der Waals surface area contributed by atoms with E-state index in [4.69, 9.17) is 9.47 Å². The van der Waals surface area contributed by atoms with Gasteiger partial charge in [-0.05, 0) is 37.8 Å². The van der Waals surface area contributed by atoms with E-state index in [1.807, 2.05) is 4.90 Å². The second kappa shape index (κ2) is 7.09. The van der Waals surface area contributed by atoms with Gasteiger partial charge in [0.05, 0.1) is 6.61 Å². The lowest BCUT2D eigenvalue weighted by Crippen LogP contribution is -2.45. The van der Waals surface area contributed by atoms with Crippen molar-refractivity contribution in [2.45, 2.75) is 31.8 Å². The Morgan fingerprint density at radius 1 is 1.32 bits per heavy atom. The Balaban J connectivity index is 1.52. The van der Waals surface area contributed by atoms with Gasteiger partial charge in [-0.25, -0.2) is 4.39 Å². The first-order valence-corrected chi connectivity index (χ1v) is 8.02. The maximum atomic E-state index is 13.5. The summed E-state index contributed by atoms with van der Waals surface area (Å²) >= 11 is 0. The molecule has 2 unspecified atom stereocenters. The molecule has 0 aliphatic carbocycles. The standard InChI is InChI=1S/C17H22FNO3/c18-14-6-1-2-7-15(14)22-12-13-5-3-9-19(11-13)17(20)16-8-4-10-21-16/h1-2,6-7,13,16H,3-5,8-12H2. The number of piperidine rings is 1. The van der Waals surface area contributed by atoms with Gasteiger partial charge in [-0.3, -0.25) is 4.79 Å². The van der Waals surface area contributed by atoms with Gasteiger partial charge in [-0.2, -0.15) is 0 Å². The van der Waals surface area contributed by atoms with E-state index < -0.39 is 0 Å². The number of para-hydroxylation sites is 1. The molecule has 1 aromatic rings. The number of hydrogen-bond acceptors (Lipinski definition) is 3. The quantitative estimate of drug-likeness (QED) is 0.858. The molecular formula is C17H22FNO3. The molecule has 2 aliphatic heterocycles. The summed E-state index contributed by atoms with van der Waals surface area (Å²) in [5, 5.41) is 0. The molecular weight excluding hydrogens is 285 g/mol. The van der Waals surface area contributed by atoms with Crippen molar-refractivity contribution in [1.82, 2.24) is 4.90 Å². The van der Waals surface area contributed by atoms with Gasteiger partial charge < -0.3 is 14.4 Å². The van der Waals surface area contributed by atoms with Crippen LogP contribution in [0.25, 0.3) is 0 Å². The first kappa shape index (κ1) is 15.3. The SMILES string of the molecule is O=C(C1CCCO1)N1CCCC(COc2ccccc2F)C1. The Kier molecular flexibility index (Phi) is 4.93. The van der Waals surface area contributed by atoms with Crippen LogP contribution in [0.3, 0.4) is 0 Å². The van der Waals surface area contributed by atoms with E-state index in [1.54, 1.807) is 18.2 Å². The van der Waals surface area contributed by atoms with Gasteiger partial charge in [0.15, 0.2) is 11.6 Å². The lowest BCUT2D eigenvalue weighted by atomic mass is 9.98. The van der Waals surface area contributed by atoms with Crippen molar-refractivity contribution < 1.29 is 18.7 Å². The van der Waals surface area contributed by atoms with Crippen molar-refractivity contribution in [2.75, 3.05) is 26.3 Å². The Hall–Kier alpha value is -1.62. The summed E-state index contributed by atoms with van der Waals surface area (Å²) in [5.74, 6) is 0.294.